The molecule has 0 aliphatic heterocycles. The molecular formula is C10H11F3N. The summed E-state index contributed by atoms with van der Waals surface area (Å²) in [5.74, 6) is 0. The molecule has 77 valence electrons. The molecule has 0 aliphatic rings. The predicted octanol–water partition coefficient (Wildman–Crippen LogP) is 2.57. The molecule has 1 aromatic rings. The van der Waals surface area contributed by atoms with E-state index in [2.05, 4.69) is 6.07 Å². The Balaban J connectivity index is 2.90. The molecule has 0 bridgehead atoms. The second kappa shape index (κ2) is 4.00. The molecule has 1 aromatic carbocycles. The highest BCUT2D eigenvalue weighted by atomic mass is 19.4. The first-order chi connectivity index (χ1) is 6.39. The first kappa shape index (κ1) is 11.0. The van der Waals surface area contributed by atoms with Crippen LogP contribution in [0.2, 0.25) is 0 Å². The number of halogens is 3. The van der Waals surface area contributed by atoms with Gasteiger partial charge in [0, 0.05) is 6.54 Å². The van der Waals surface area contributed by atoms with Crippen molar-refractivity contribution in [3.05, 3.63) is 35.4 Å². The van der Waals surface area contributed by atoms with Gasteiger partial charge in [0.05, 0.1) is 5.56 Å². The predicted molar refractivity (Wildman–Crippen MR) is 47.7 cm³/mol. The molecule has 0 spiro atoms. The molecule has 0 heterocycles. The van der Waals surface area contributed by atoms with Crippen molar-refractivity contribution in [1.29, 1.82) is 0 Å². The number of benzene rings is 1. The maximum atomic E-state index is 12.3. The van der Waals surface area contributed by atoms with Crippen LogP contribution in [0.25, 0.3) is 0 Å². The van der Waals surface area contributed by atoms with Gasteiger partial charge in [-0.05, 0) is 43.9 Å². The summed E-state index contributed by atoms with van der Waals surface area (Å²) >= 11 is 0. The second-order valence-electron chi connectivity index (χ2n) is 3.37. The van der Waals surface area contributed by atoms with Crippen LogP contribution in [-0.2, 0) is 12.7 Å². The summed E-state index contributed by atoms with van der Waals surface area (Å²) in [5, 5.41) is 0. The zero-order valence-corrected chi connectivity index (χ0v) is 8.02. The first-order valence-corrected chi connectivity index (χ1v) is 4.11. The SMILES string of the molecule is CN(C)Cc1c[c]cc(C(F)(F)F)c1. The summed E-state index contributed by atoms with van der Waals surface area (Å²) in [6, 6.07) is 6.17. The van der Waals surface area contributed by atoms with Crippen LogP contribution in [0.5, 0.6) is 0 Å². The number of nitrogens with zero attached hydrogens (tertiary/aromatic N) is 1. The normalized spacial score (nSPS) is 12.1. The molecule has 1 rings (SSSR count). The van der Waals surface area contributed by atoms with Gasteiger partial charge in [0.25, 0.3) is 0 Å². The Hall–Kier alpha value is -1.03. The van der Waals surface area contributed by atoms with Crippen molar-refractivity contribution in [2.45, 2.75) is 12.7 Å². The third-order valence-corrected chi connectivity index (χ3v) is 1.67. The van der Waals surface area contributed by atoms with Gasteiger partial charge in [-0.3, -0.25) is 0 Å². The molecule has 0 fully saturated rings. The summed E-state index contributed by atoms with van der Waals surface area (Å²) in [4.78, 5) is 1.81. The van der Waals surface area contributed by atoms with Crippen molar-refractivity contribution < 1.29 is 13.2 Å². The van der Waals surface area contributed by atoms with Crippen LogP contribution < -0.4 is 0 Å². The monoisotopic (exact) mass is 202 g/mol. The minimum Gasteiger partial charge on any atom is -0.305 e. The fraction of sp³-hybridized carbons (Fsp3) is 0.400. The zero-order valence-electron chi connectivity index (χ0n) is 8.02. The van der Waals surface area contributed by atoms with Crippen LogP contribution in [0.15, 0.2) is 18.2 Å². The zero-order chi connectivity index (χ0) is 10.8. The van der Waals surface area contributed by atoms with E-state index in [4.69, 9.17) is 0 Å². The summed E-state index contributed by atoms with van der Waals surface area (Å²) in [5.41, 5.74) is -0.0262. The van der Waals surface area contributed by atoms with E-state index in [0.717, 1.165) is 12.1 Å². The number of alkyl halides is 3. The van der Waals surface area contributed by atoms with Crippen LogP contribution in [0, 0.1) is 6.07 Å². The maximum Gasteiger partial charge on any atom is 0.416 e. The number of hydrogen-bond donors (Lipinski definition) is 0. The Bertz CT molecular complexity index is 304. The van der Waals surface area contributed by atoms with E-state index in [0.29, 0.717) is 12.1 Å². The lowest BCUT2D eigenvalue weighted by molar-refractivity contribution is -0.137. The van der Waals surface area contributed by atoms with Crippen LogP contribution in [-0.4, -0.2) is 19.0 Å². The molecule has 0 saturated heterocycles. The van der Waals surface area contributed by atoms with Gasteiger partial charge in [0.2, 0.25) is 0 Å². The van der Waals surface area contributed by atoms with E-state index in [1.807, 2.05) is 4.90 Å². The summed E-state index contributed by atoms with van der Waals surface area (Å²) < 4.78 is 36.8. The molecular weight excluding hydrogens is 191 g/mol. The highest BCUT2D eigenvalue weighted by Crippen LogP contribution is 2.29. The topological polar surface area (TPSA) is 3.24 Å². The molecule has 0 saturated carbocycles. The van der Waals surface area contributed by atoms with Gasteiger partial charge in [-0.2, -0.15) is 13.2 Å². The van der Waals surface area contributed by atoms with E-state index < -0.39 is 11.7 Å². The smallest absolute Gasteiger partial charge is 0.305 e. The van der Waals surface area contributed by atoms with E-state index in [1.165, 1.54) is 0 Å². The van der Waals surface area contributed by atoms with E-state index in [9.17, 15) is 13.2 Å². The largest absolute Gasteiger partial charge is 0.416 e. The van der Waals surface area contributed by atoms with Crippen LogP contribution in [0.4, 0.5) is 13.2 Å². The van der Waals surface area contributed by atoms with E-state index in [1.54, 1.807) is 20.2 Å². The van der Waals surface area contributed by atoms with E-state index in [-0.39, 0.29) is 0 Å². The molecule has 0 aliphatic carbocycles. The average molecular weight is 202 g/mol. The fourth-order valence-corrected chi connectivity index (χ4v) is 1.14. The third kappa shape index (κ3) is 3.03. The quantitative estimate of drug-likeness (QED) is 0.712. The summed E-state index contributed by atoms with van der Waals surface area (Å²) in [6.45, 7) is 0.487. The van der Waals surface area contributed by atoms with Gasteiger partial charge in [0.1, 0.15) is 0 Å². The van der Waals surface area contributed by atoms with Crippen molar-refractivity contribution in [2.75, 3.05) is 14.1 Å². The third-order valence-electron chi connectivity index (χ3n) is 1.67. The van der Waals surface area contributed by atoms with Gasteiger partial charge in [-0.25, -0.2) is 0 Å². The van der Waals surface area contributed by atoms with Crippen LogP contribution in [0.1, 0.15) is 11.1 Å². The van der Waals surface area contributed by atoms with Crippen molar-refractivity contribution in [2.24, 2.45) is 0 Å². The molecule has 0 N–H and O–H groups in total. The molecule has 14 heavy (non-hydrogen) atoms. The highest BCUT2D eigenvalue weighted by molar-refractivity contribution is 5.24. The average Bonchev–Trinajstić information content (AvgIpc) is 2.01. The maximum absolute atomic E-state index is 12.3. The van der Waals surface area contributed by atoms with Crippen molar-refractivity contribution in [1.82, 2.24) is 4.90 Å². The molecule has 0 amide bonds. The minimum atomic E-state index is -4.28. The molecule has 1 nitrogen and oxygen atoms in total. The number of rotatable bonds is 2. The van der Waals surface area contributed by atoms with Crippen molar-refractivity contribution in [3.8, 4) is 0 Å². The lowest BCUT2D eigenvalue weighted by Gasteiger charge is -2.11. The van der Waals surface area contributed by atoms with Gasteiger partial charge in [-0.1, -0.05) is 0 Å². The Kier molecular flexibility index (Phi) is 3.16. The van der Waals surface area contributed by atoms with Crippen LogP contribution in [0.3, 0.4) is 0 Å². The summed E-state index contributed by atoms with van der Waals surface area (Å²) in [6.07, 6.45) is -4.28. The lowest BCUT2D eigenvalue weighted by Crippen LogP contribution is -2.12. The second-order valence-corrected chi connectivity index (χ2v) is 3.37. The highest BCUT2D eigenvalue weighted by Gasteiger charge is 2.30. The standard InChI is InChI=1S/C10H11F3N/c1-14(2)7-8-4-3-5-9(6-8)10(11,12)13/h4-6H,7H2,1-2H3. The Morgan fingerprint density at radius 2 is 1.93 bits per heavy atom. The number of hydrogen-bond acceptors (Lipinski definition) is 1. The molecule has 1 radical (unpaired) electrons. The van der Waals surface area contributed by atoms with Gasteiger partial charge < -0.3 is 4.90 Å². The van der Waals surface area contributed by atoms with Crippen LogP contribution >= 0.6 is 0 Å². The first-order valence-electron chi connectivity index (χ1n) is 4.11. The molecule has 0 unspecified atom stereocenters. The van der Waals surface area contributed by atoms with Crippen molar-refractivity contribution in [3.63, 3.8) is 0 Å². The van der Waals surface area contributed by atoms with Gasteiger partial charge in [0.15, 0.2) is 0 Å². The van der Waals surface area contributed by atoms with E-state index >= 15 is 0 Å². The lowest BCUT2D eigenvalue weighted by atomic mass is 10.1. The fourth-order valence-electron chi connectivity index (χ4n) is 1.14. The molecule has 0 aromatic heterocycles. The Labute approximate surface area is 81.1 Å². The Morgan fingerprint density at radius 3 is 2.43 bits per heavy atom. The van der Waals surface area contributed by atoms with Gasteiger partial charge >= 0.3 is 6.18 Å². The Morgan fingerprint density at radius 1 is 1.29 bits per heavy atom. The van der Waals surface area contributed by atoms with Gasteiger partial charge in [-0.15, -0.1) is 0 Å². The van der Waals surface area contributed by atoms with Crippen molar-refractivity contribution >= 4 is 0 Å². The summed E-state index contributed by atoms with van der Waals surface area (Å²) in [7, 11) is 3.61. The minimum absolute atomic E-state index is 0.487. The molecule has 0 atom stereocenters. The molecule has 4 heteroatoms.